The molecule has 222 valence electrons. The first kappa shape index (κ1) is 31.0. The van der Waals surface area contributed by atoms with E-state index in [9.17, 15) is 18.0 Å². The molecule has 0 bridgehead atoms. The van der Waals surface area contributed by atoms with E-state index in [1.807, 2.05) is 50.2 Å². The summed E-state index contributed by atoms with van der Waals surface area (Å²) in [6.45, 7) is 3.67. The number of anilines is 1. The molecule has 0 aliphatic rings. The molecule has 0 aromatic heterocycles. The van der Waals surface area contributed by atoms with Gasteiger partial charge in [-0.15, -0.1) is 0 Å². The van der Waals surface area contributed by atoms with Crippen LogP contribution in [0.5, 0.6) is 5.75 Å². The largest absolute Gasteiger partial charge is 0.484 e. The van der Waals surface area contributed by atoms with E-state index < -0.39 is 22.5 Å². The van der Waals surface area contributed by atoms with Crippen LogP contribution in [-0.2, 0) is 26.0 Å². The Bertz CT molecular complexity index is 1660. The summed E-state index contributed by atoms with van der Waals surface area (Å²) in [5.74, 6) is -0.311. The monoisotopic (exact) mass is 598 g/mol. The van der Waals surface area contributed by atoms with Crippen molar-refractivity contribution in [3.8, 4) is 5.75 Å². The van der Waals surface area contributed by atoms with Gasteiger partial charge >= 0.3 is 0 Å². The molecule has 0 fully saturated rings. The maximum absolute atomic E-state index is 13.5. The Kier molecular flexibility index (Phi) is 10.7. The third-order valence-electron chi connectivity index (χ3n) is 6.42. The molecule has 0 aliphatic carbocycles. The van der Waals surface area contributed by atoms with Crippen LogP contribution < -0.4 is 19.8 Å². The van der Waals surface area contributed by atoms with Crippen LogP contribution in [0, 0.1) is 13.8 Å². The van der Waals surface area contributed by atoms with Gasteiger partial charge in [-0.25, -0.2) is 13.8 Å². The molecule has 0 radical (unpaired) electrons. The summed E-state index contributed by atoms with van der Waals surface area (Å²) in [7, 11) is -4.02. The normalized spacial score (nSPS) is 11.2. The number of benzene rings is 4. The van der Waals surface area contributed by atoms with Crippen molar-refractivity contribution >= 4 is 33.7 Å². The van der Waals surface area contributed by atoms with Crippen molar-refractivity contribution in [2.75, 3.05) is 24.0 Å². The van der Waals surface area contributed by atoms with E-state index in [1.165, 1.54) is 18.3 Å². The van der Waals surface area contributed by atoms with E-state index in [2.05, 4.69) is 15.8 Å². The van der Waals surface area contributed by atoms with Crippen LogP contribution in [-0.4, -0.2) is 46.1 Å². The molecule has 4 rings (SSSR count). The second-order valence-electron chi connectivity index (χ2n) is 9.90. The van der Waals surface area contributed by atoms with Crippen molar-refractivity contribution < 1.29 is 22.7 Å². The number of ether oxygens (including phenoxy) is 1. The number of nitrogens with zero attached hydrogens (tertiary/aromatic N) is 2. The maximum atomic E-state index is 13.5. The van der Waals surface area contributed by atoms with Gasteiger partial charge in [-0.05, 0) is 85.5 Å². The molecule has 0 unspecified atom stereocenters. The lowest BCUT2D eigenvalue weighted by atomic mass is 10.1. The summed E-state index contributed by atoms with van der Waals surface area (Å²) in [6, 6.07) is 30.1. The average Bonchev–Trinajstić information content (AvgIpc) is 3.00. The first-order valence-electron chi connectivity index (χ1n) is 13.7. The number of rotatable bonds is 13. The Balaban J connectivity index is 1.30. The highest BCUT2D eigenvalue weighted by Gasteiger charge is 2.27. The molecule has 0 saturated heterocycles. The second kappa shape index (κ2) is 14.8. The Labute approximate surface area is 252 Å². The van der Waals surface area contributed by atoms with Gasteiger partial charge in [0.2, 0.25) is 0 Å². The summed E-state index contributed by atoms with van der Waals surface area (Å²) >= 11 is 0. The minimum Gasteiger partial charge on any atom is -0.484 e. The number of hydrogen-bond acceptors (Lipinski definition) is 6. The van der Waals surface area contributed by atoms with Crippen LogP contribution in [0.3, 0.4) is 0 Å². The zero-order valence-electron chi connectivity index (χ0n) is 24.1. The molecule has 43 heavy (non-hydrogen) atoms. The Morgan fingerprint density at radius 1 is 0.837 bits per heavy atom. The third kappa shape index (κ3) is 9.27. The van der Waals surface area contributed by atoms with Gasteiger partial charge in [0.05, 0.1) is 16.8 Å². The van der Waals surface area contributed by atoms with Gasteiger partial charge < -0.3 is 10.1 Å². The Hall–Kier alpha value is -4.96. The minimum absolute atomic E-state index is 0.0860. The summed E-state index contributed by atoms with van der Waals surface area (Å²) in [4.78, 5) is 25.0. The van der Waals surface area contributed by atoms with Crippen molar-refractivity contribution in [1.82, 2.24) is 10.7 Å². The molecule has 9 nitrogen and oxygen atoms in total. The SMILES string of the molecule is Cc1ccc(S(=O)(=O)N(CC(=O)N/N=C\c2ccc(OCC(=O)NCCc3ccccc3)cc2)c2cccc(C)c2)cc1. The van der Waals surface area contributed by atoms with Gasteiger partial charge in [0, 0.05) is 6.54 Å². The molecule has 4 aromatic carbocycles. The van der Waals surface area contributed by atoms with Crippen LogP contribution >= 0.6 is 0 Å². The summed E-state index contributed by atoms with van der Waals surface area (Å²) in [5, 5.41) is 6.82. The number of amides is 2. The smallest absolute Gasteiger partial charge is 0.264 e. The van der Waals surface area contributed by atoms with E-state index in [4.69, 9.17) is 4.74 Å². The van der Waals surface area contributed by atoms with E-state index >= 15 is 0 Å². The minimum atomic E-state index is -4.02. The van der Waals surface area contributed by atoms with Gasteiger partial charge in [-0.1, -0.05) is 60.2 Å². The zero-order chi connectivity index (χ0) is 30.7. The quantitative estimate of drug-likeness (QED) is 0.175. The lowest BCUT2D eigenvalue weighted by Crippen LogP contribution is -2.39. The van der Waals surface area contributed by atoms with Gasteiger partial charge in [-0.3, -0.25) is 13.9 Å². The predicted molar refractivity (Wildman–Crippen MR) is 168 cm³/mol. The van der Waals surface area contributed by atoms with Crippen molar-refractivity contribution in [1.29, 1.82) is 0 Å². The van der Waals surface area contributed by atoms with Gasteiger partial charge in [0.25, 0.3) is 21.8 Å². The molecule has 0 spiro atoms. The van der Waals surface area contributed by atoms with E-state index in [1.54, 1.807) is 54.6 Å². The van der Waals surface area contributed by atoms with Gasteiger partial charge in [0.1, 0.15) is 12.3 Å². The third-order valence-corrected chi connectivity index (χ3v) is 8.21. The summed E-state index contributed by atoms with van der Waals surface area (Å²) < 4.78 is 33.6. The van der Waals surface area contributed by atoms with Crippen molar-refractivity contribution in [3.05, 3.63) is 125 Å². The number of carbonyl (C=O) groups excluding carboxylic acids is 2. The maximum Gasteiger partial charge on any atom is 0.264 e. The molecule has 4 aromatic rings. The number of nitrogens with one attached hydrogen (secondary N) is 2. The van der Waals surface area contributed by atoms with E-state index in [0.29, 0.717) is 23.5 Å². The lowest BCUT2D eigenvalue weighted by molar-refractivity contribution is -0.123. The zero-order valence-corrected chi connectivity index (χ0v) is 24.9. The molecule has 0 atom stereocenters. The Morgan fingerprint density at radius 2 is 1.56 bits per heavy atom. The van der Waals surface area contributed by atoms with Gasteiger partial charge in [-0.2, -0.15) is 5.10 Å². The van der Waals surface area contributed by atoms with Crippen LogP contribution in [0.15, 0.2) is 113 Å². The molecular weight excluding hydrogens is 564 g/mol. The highest BCUT2D eigenvalue weighted by Crippen LogP contribution is 2.24. The highest BCUT2D eigenvalue weighted by molar-refractivity contribution is 7.92. The van der Waals surface area contributed by atoms with E-state index in [0.717, 1.165) is 27.4 Å². The molecule has 10 heteroatoms. The van der Waals surface area contributed by atoms with Crippen molar-refractivity contribution in [2.45, 2.75) is 25.2 Å². The fraction of sp³-hybridized carbons (Fsp3) is 0.182. The van der Waals surface area contributed by atoms with Crippen LogP contribution in [0.1, 0.15) is 22.3 Å². The van der Waals surface area contributed by atoms with Crippen LogP contribution in [0.25, 0.3) is 0 Å². The molecule has 2 N–H and O–H groups in total. The number of carbonyl (C=O) groups is 2. The van der Waals surface area contributed by atoms with Crippen molar-refractivity contribution in [3.63, 3.8) is 0 Å². The molecular formula is C33H34N4O5S. The topological polar surface area (TPSA) is 117 Å². The number of sulfonamides is 1. The fourth-order valence-corrected chi connectivity index (χ4v) is 5.53. The molecule has 2 amide bonds. The van der Waals surface area contributed by atoms with Crippen LogP contribution in [0.2, 0.25) is 0 Å². The summed E-state index contributed by atoms with van der Waals surface area (Å²) in [5.41, 5.74) is 6.38. The van der Waals surface area contributed by atoms with Crippen molar-refractivity contribution in [2.24, 2.45) is 5.10 Å². The molecule has 0 heterocycles. The Morgan fingerprint density at radius 3 is 2.26 bits per heavy atom. The lowest BCUT2D eigenvalue weighted by Gasteiger charge is -2.24. The number of hydrogen-bond donors (Lipinski definition) is 2. The predicted octanol–water partition coefficient (Wildman–Crippen LogP) is 4.39. The molecule has 0 saturated carbocycles. The first-order chi connectivity index (χ1) is 20.7. The number of hydrazone groups is 1. The second-order valence-corrected chi connectivity index (χ2v) is 11.8. The molecule has 0 aliphatic heterocycles. The van der Waals surface area contributed by atoms with Crippen LogP contribution in [0.4, 0.5) is 5.69 Å². The highest BCUT2D eigenvalue weighted by atomic mass is 32.2. The van der Waals surface area contributed by atoms with Gasteiger partial charge in [0.15, 0.2) is 6.61 Å². The fourth-order valence-electron chi connectivity index (χ4n) is 4.12. The summed E-state index contributed by atoms with van der Waals surface area (Å²) in [6.07, 6.45) is 2.17. The van der Waals surface area contributed by atoms with E-state index in [-0.39, 0.29) is 17.4 Å². The average molecular weight is 599 g/mol. The first-order valence-corrected chi connectivity index (χ1v) is 15.2. The standard InChI is InChI=1S/C33H34N4O5S/c1-25-11-17-31(18-12-25)43(40,41)37(29-10-6-7-26(2)21-29)23-32(38)36-35-22-28-13-15-30(16-14-28)42-24-33(39)34-20-19-27-8-4-3-5-9-27/h3-18,21-22H,19-20,23-24H2,1-2H3,(H,34,39)(H,36,38)/b35-22-. The number of aryl methyl sites for hydroxylation is 2.